The third kappa shape index (κ3) is 4.80. The maximum Gasteiger partial charge on any atom is 0.358 e. The lowest BCUT2D eigenvalue weighted by atomic mass is 10.5. The van der Waals surface area contributed by atoms with E-state index in [1.807, 2.05) is 0 Å². The molecule has 10 heteroatoms. The molecule has 2 N–H and O–H groups in total. The average Bonchev–Trinajstić information content (AvgIpc) is 2.92. The molecule has 0 bridgehead atoms. The third-order valence-electron chi connectivity index (χ3n) is 2.23. The van der Waals surface area contributed by atoms with Gasteiger partial charge in [0.05, 0.1) is 19.2 Å². The number of carbonyl (C=O) groups excluding carboxylic acids is 1. The summed E-state index contributed by atoms with van der Waals surface area (Å²) >= 11 is 0.869. The summed E-state index contributed by atoms with van der Waals surface area (Å²) in [5.74, 6) is -0.773. The van der Waals surface area contributed by atoms with Crippen LogP contribution in [0.4, 0.5) is 0 Å². The third-order valence-corrected chi connectivity index (χ3v) is 5.07. The largest absolute Gasteiger partial charge is 0.464 e. The lowest BCUT2D eigenvalue weighted by Crippen LogP contribution is -2.33. The van der Waals surface area contributed by atoms with Crippen molar-refractivity contribution in [3.63, 3.8) is 0 Å². The van der Waals surface area contributed by atoms with Gasteiger partial charge in [-0.3, -0.25) is 0 Å². The van der Waals surface area contributed by atoms with Crippen molar-refractivity contribution < 1.29 is 22.7 Å². The van der Waals surface area contributed by atoms with Crippen molar-refractivity contribution in [2.24, 2.45) is 0 Å². The topological polar surface area (TPSA) is 107 Å². The van der Waals surface area contributed by atoms with Gasteiger partial charge in [-0.25, -0.2) is 22.9 Å². The second kappa shape index (κ2) is 8.27. The van der Waals surface area contributed by atoms with E-state index in [0.717, 1.165) is 11.3 Å². The number of hydrogen-bond acceptors (Lipinski definition) is 8. The Morgan fingerprint density at radius 3 is 2.75 bits per heavy atom. The van der Waals surface area contributed by atoms with E-state index in [1.54, 1.807) is 7.11 Å². The number of hydrogen-bond donors (Lipinski definition) is 2. The van der Waals surface area contributed by atoms with E-state index < -0.39 is 16.0 Å². The fourth-order valence-electron chi connectivity index (χ4n) is 1.30. The number of sulfonamides is 1. The Morgan fingerprint density at radius 1 is 1.35 bits per heavy atom. The molecule has 0 atom stereocenters. The van der Waals surface area contributed by atoms with Crippen LogP contribution in [0.3, 0.4) is 0 Å². The highest BCUT2D eigenvalue weighted by molar-refractivity contribution is 7.91. The van der Waals surface area contributed by atoms with E-state index in [0.29, 0.717) is 19.7 Å². The van der Waals surface area contributed by atoms with Gasteiger partial charge < -0.3 is 14.8 Å². The molecule has 1 rings (SSSR count). The van der Waals surface area contributed by atoms with Crippen LogP contribution in [0, 0.1) is 0 Å². The van der Waals surface area contributed by atoms with Crippen molar-refractivity contribution in [1.29, 1.82) is 0 Å². The van der Waals surface area contributed by atoms with Crippen LogP contribution < -0.4 is 10.0 Å². The molecular formula is C10H17N3O5S2. The van der Waals surface area contributed by atoms with Crippen molar-refractivity contribution in [2.75, 3.05) is 40.5 Å². The molecule has 0 aliphatic heterocycles. The number of thiazole rings is 1. The van der Waals surface area contributed by atoms with Gasteiger partial charge in [0.2, 0.25) is 0 Å². The number of methoxy groups -OCH3 is 2. The van der Waals surface area contributed by atoms with Crippen molar-refractivity contribution in [2.45, 2.75) is 4.21 Å². The SMILES string of the molecule is COCCNCCNS(=O)(=O)c1scnc1C(=O)OC. The highest BCUT2D eigenvalue weighted by atomic mass is 32.2. The smallest absolute Gasteiger partial charge is 0.358 e. The first-order valence-electron chi connectivity index (χ1n) is 5.74. The van der Waals surface area contributed by atoms with E-state index in [1.165, 1.54) is 12.6 Å². The molecule has 20 heavy (non-hydrogen) atoms. The van der Waals surface area contributed by atoms with Gasteiger partial charge in [0.15, 0.2) is 9.90 Å². The number of esters is 1. The van der Waals surface area contributed by atoms with Gasteiger partial charge in [-0.1, -0.05) is 0 Å². The minimum absolute atomic E-state index is 0.138. The van der Waals surface area contributed by atoms with E-state index in [4.69, 9.17) is 4.74 Å². The van der Waals surface area contributed by atoms with Crippen molar-refractivity contribution in [3.05, 3.63) is 11.2 Å². The second-order valence-corrected chi connectivity index (χ2v) is 6.44. The number of rotatable bonds is 9. The Labute approximate surface area is 121 Å². The molecule has 0 amide bonds. The van der Waals surface area contributed by atoms with Crippen molar-refractivity contribution in [1.82, 2.24) is 15.0 Å². The van der Waals surface area contributed by atoms with Gasteiger partial charge in [-0.2, -0.15) is 0 Å². The molecular weight excluding hydrogens is 306 g/mol. The summed E-state index contributed by atoms with van der Waals surface area (Å²) in [5.41, 5.74) is 1.09. The molecule has 8 nitrogen and oxygen atoms in total. The van der Waals surface area contributed by atoms with Crippen LogP contribution in [0.15, 0.2) is 9.72 Å². The van der Waals surface area contributed by atoms with Crippen LogP contribution in [-0.4, -0.2) is 59.8 Å². The van der Waals surface area contributed by atoms with Gasteiger partial charge >= 0.3 is 5.97 Å². The summed E-state index contributed by atoms with van der Waals surface area (Å²) in [6.45, 7) is 1.83. The van der Waals surface area contributed by atoms with Gasteiger partial charge in [-0.05, 0) is 0 Å². The van der Waals surface area contributed by atoms with Gasteiger partial charge in [0.1, 0.15) is 0 Å². The predicted octanol–water partition coefficient (Wildman–Crippen LogP) is -0.556. The zero-order valence-corrected chi connectivity index (χ0v) is 12.8. The Balaban J connectivity index is 2.57. The molecule has 114 valence electrons. The molecule has 0 aromatic carbocycles. The first-order chi connectivity index (χ1) is 9.53. The standard InChI is InChI=1S/C10H17N3O5S2/c1-17-6-5-11-3-4-13-20(15,16)10-8(9(14)18-2)12-7-19-10/h7,11,13H,3-6H2,1-2H3. The van der Waals surface area contributed by atoms with Crippen LogP contribution in [-0.2, 0) is 19.5 Å². The first kappa shape index (κ1) is 17.0. The van der Waals surface area contributed by atoms with E-state index in [9.17, 15) is 13.2 Å². The number of carbonyl (C=O) groups is 1. The summed E-state index contributed by atoms with van der Waals surface area (Å²) in [6.07, 6.45) is 0. The summed E-state index contributed by atoms with van der Waals surface area (Å²) < 4.78 is 35.6. The molecule has 0 radical (unpaired) electrons. The lowest BCUT2D eigenvalue weighted by molar-refractivity contribution is 0.0590. The quantitative estimate of drug-likeness (QED) is 0.463. The summed E-state index contributed by atoms with van der Waals surface area (Å²) in [6, 6.07) is 0. The average molecular weight is 323 g/mol. The normalized spacial score (nSPS) is 11.5. The minimum Gasteiger partial charge on any atom is -0.464 e. The summed E-state index contributed by atoms with van der Waals surface area (Å²) in [4.78, 5) is 15.1. The molecule has 0 spiro atoms. The zero-order valence-electron chi connectivity index (χ0n) is 11.2. The van der Waals surface area contributed by atoms with Gasteiger partial charge in [0, 0.05) is 26.7 Å². The molecule has 1 heterocycles. The van der Waals surface area contributed by atoms with Crippen LogP contribution in [0.25, 0.3) is 0 Å². The molecule has 0 fully saturated rings. The highest BCUT2D eigenvalue weighted by Crippen LogP contribution is 2.20. The van der Waals surface area contributed by atoms with Crippen LogP contribution in [0.2, 0.25) is 0 Å². The fraction of sp³-hybridized carbons (Fsp3) is 0.600. The highest BCUT2D eigenvalue weighted by Gasteiger charge is 2.25. The Kier molecular flexibility index (Phi) is 7.02. The number of nitrogens with zero attached hydrogens (tertiary/aromatic N) is 1. The molecule has 1 aromatic heterocycles. The van der Waals surface area contributed by atoms with E-state index in [2.05, 4.69) is 19.8 Å². The maximum atomic E-state index is 12.0. The van der Waals surface area contributed by atoms with E-state index >= 15 is 0 Å². The first-order valence-corrected chi connectivity index (χ1v) is 8.10. The maximum absolute atomic E-state index is 12.0. The molecule has 0 saturated heterocycles. The monoisotopic (exact) mass is 323 g/mol. The Morgan fingerprint density at radius 2 is 2.10 bits per heavy atom. The lowest BCUT2D eigenvalue weighted by Gasteiger charge is -2.07. The number of nitrogens with one attached hydrogen (secondary N) is 2. The molecule has 0 aliphatic carbocycles. The Hall–Kier alpha value is -1.07. The summed E-state index contributed by atoms with van der Waals surface area (Å²) in [5, 5.41) is 3.00. The van der Waals surface area contributed by atoms with Gasteiger partial charge in [0.25, 0.3) is 10.0 Å². The van der Waals surface area contributed by atoms with Crippen molar-refractivity contribution in [3.8, 4) is 0 Å². The number of aromatic nitrogens is 1. The van der Waals surface area contributed by atoms with E-state index in [-0.39, 0.29) is 16.4 Å². The van der Waals surface area contributed by atoms with Crippen LogP contribution in [0.1, 0.15) is 10.5 Å². The fourth-order valence-corrected chi connectivity index (χ4v) is 3.50. The molecule has 0 aliphatic rings. The predicted molar refractivity (Wildman–Crippen MR) is 73.4 cm³/mol. The Bertz CT molecular complexity index is 529. The molecule has 0 unspecified atom stereocenters. The van der Waals surface area contributed by atoms with Crippen LogP contribution >= 0.6 is 11.3 Å². The minimum atomic E-state index is -3.76. The number of ether oxygens (including phenoxy) is 2. The zero-order chi connectivity index (χ0) is 15.0. The molecule has 0 saturated carbocycles. The summed E-state index contributed by atoms with van der Waals surface area (Å²) in [7, 11) is -1.00. The van der Waals surface area contributed by atoms with Gasteiger partial charge in [-0.15, -0.1) is 11.3 Å². The van der Waals surface area contributed by atoms with Crippen molar-refractivity contribution >= 4 is 27.3 Å². The second-order valence-electron chi connectivity index (χ2n) is 3.62. The molecule has 1 aromatic rings. The van der Waals surface area contributed by atoms with Crippen LogP contribution in [0.5, 0.6) is 0 Å².